The number of nitrogens with zero attached hydrogens (tertiary/aromatic N) is 3. The molecule has 0 bridgehead atoms. The van der Waals surface area contributed by atoms with Crippen LogP contribution in [0.3, 0.4) is 0 Å². The van der Waals surface area contributed by atoms with E-state index in [9.17, 15) is 10.1 Å². The van der Waals surface area contributed by atoms with E-state index in [2.05, 4.69) is 37.5 Å². The predicted molar refractivity (Wildman–Crippen MR) is 130 cm³/mol. The van der Waals surface area contributed by atoms with E-state index < -0.39 is 0 Å². The molecular weight excluding hydrogens is 426 g/mol. The Hall–Kier alpha value is -2.15. The van der Waals surface area contributed by atoms with Gasteiger partial charge in [0.1, 0.15) is 6.23 Å². The molecule has 0 N–H and O–H groups in total. The zero-order chi connectivity index (χ0) is 23.3. The summed E-state index contributed by atoms with van der Waals surface area (Å²) in [7, 11) is 0. The molecule has 0 saturated carbocycles. The fourth-order valence-corrected chi connectivity index (χ4v) is 4.38. The first-order valence-corrected chi connectivity index (χ1v) is 11.8. The second kappa shape index (κ2) is 11.1. The fraction of sp³-hybridized carbons (Fsp3) is 0.520. The van der Waals surface area contributed by atoms with Crippen LogP contribution in [-0.4, -0.2) is 36.1 Å². The quantitative estimate of drug-likeness (QED) is 0.326. The molecule has 1 aliphatic rings. The molecule has 0 spiro atoms. The molecule has 2 aromatic rings. The number of halogens is 1. The molecule has 6 nitrogen and oxygen atoms in total. The number of non-ortho nitro benzene ring substituents is 1. The number of rotatable bonds is 9. The van der Waals surface area contributed by atoms with Crippen LogP contribution in [0.1, 0.15) is 51.5 Å². The number of nitro benzene ring substituents is 1. The first kappa shape index (κ1) is 24.5. The van der Waals surface area contributed by atoms with Crippen LogP contribution in [0.5, 0.6) is 0 Å². The van der Waals surface area contributed by atoms with Crippen molar-refractivity contribution in [3.8, 4) is 0 Å². The Labute approximate surface area is 196 Å². The third-order valence-electron chi connectivity index (χ3n) is 5.50. The summed E-state index contributed by atoms with van der Waals surface area (Å²) in [5.41, 5.74) is 3.12. The maximum atomic E-state index is 11.6. The summed E-state index contributed by atoms with van der Waals surface area (Å²) >= 11 is 6.06. The standard InChI is InChI=1S/C25H34ClN3O3/c1-18(2)15-28(16-19(3)4)24-11-10-22(29(30)31)14-23(24)25-27(12-5-13-32-25)17-20-6-8-21(26)9-7-20/h6-11,14,18-19,25H,5,12-13,15-17H2,1-4H3/t25-/m1/s1. The minimum Gasteiger partial charge on any atom is -0.371 e. The third-order valence-corrected chi connectivity index (χ3v) is 5.75. The largest absolute Gasteiger partial charge is 0.371 e. The van der Waals surface area contributed by atoms with E-state index in [1.165, 1.54) is 0 Å². The molecule has 1 heterocycles. The monoisotopic (exact) mass is 459 g/mol. The van der Waals surface area contributed by atoms with Crippen LogP contribution < -0.4 is 4.90 Å². The van der Waals surface area contributed by atoms with Gasteiger partial charge in [0, 0.05) is 54.6 Å². The number of ether oxygens (including phenoxy) is 1. The van der Waals surface area contributed by atoms with Gasteiger partial charge in [-0.1, -0.05) is 51.4 Å². The molecular formula is C25H34ClN3O3. The Kier molecular flexibility index (Phi) is 8.51. The van der Waals surface area contributed by atoms with Crippen molar-refractivity contribution >= 4 is 23.0 Å². The molecule has 1 atom stereocenters. The summed E-state index contributed by atoms with van der Waals surface area (Å²) < 4.78 is 6.26. The van der Waals surface area contributed by atoms with Crippen molar-refractivity contribution < 1.29 is 9.66 Å². The summed E-state index contributed by atoms with van der Waals surface area (Å²) in [6.45, 7) is 12.7. The zero-order valence-electron chi connectivity index (χ0n) is 19.5. The molecule has 1 saturated heterocycles. The van der Waals surface area contributed by atoms with Crippen LogP contribution >= 0.6 is 11.6 Å². The molecule has 174 valence electrons. The van der Waals surface area contributed by atoms with Crippen LogP contribution in [0.4, 0.5) is 11.4 Å². The number of benzene rings is 2. The average molecular weight is 460 g/mol. The topological polar surface area (TPSA) is 58.9 Å². The van der Waals surface area contributed by atoms with E-state index in [4.69, 9.17) is 16.3 Å². The van der Waals surface area contributed by atoms with Gasteiger partial charge in [-0.05, 0) is 42.0 Å². The van der Waals surface area contributed by atoms with Gasteiger partial charge in [0.25, 0.3) is 5.69 Å². The van der Waals surface area contributed by atoms with E-state index in [1.807, 2.05) is 30.3 Å². The first-order chi connectivity index (χ1) is 15.2. The lowest BCUT2D eigenvalue weighted by atomic mass is 10.0. The van der Waals surface area contributed by atoms with Crippen molar-refractivity contribution in [2.45, 2.75) is 46.9 Å². The van der Waals surface area contributed by atoms with Gasteiger partial charge in [-0.2, -0.15) is 0 Å². The second-order valence-electron chi connectivity index (χ2n) is 9.37. The third kappa shape index (κ3) is 6.44. The first-order valence-electron chi connectivity index (χ1n) is 11.4. The summed E-state index contributed by atoms with van der Waals surface area (Å²) in [5, 5.41) is 12.3. The van der Waals surface area contributed by atoms with Gasteiger partial charge in [0.05, 0.1) is 11.5 Å². The molecule has 32 heavy (non-hydrogen) atoms. The van der Waals surface area contributed by atoms with Gasteiger partial charge in [0.2, 0.25) is 0 Å². The average Bonchev–Trinajstić information content (AvgIpc) is 2.74. The predicted octanol–water partition coefficient (Wildman–Crippen LogP) is 6.29. The Balaban J connectivity index is 2.01. The minimum atomic E-state index is -0.337. The highest BCUT2D eigenvalue weighted by Gasteiger charge is 2.30. The summed E-state index contributed by atoms with van der Waals surface area (Å²) in [5.74, 6) is 0.934. The SMILES string of the molecule is CC(C)CN(CC(C)C)c1ccc([N+](=O)[O-])cc1[C@H]1OCCCN1Cc1ccc(Cl)cc1. The minimum absolute atomic E-state index is 0.0958. The molecule has 1 fully saturated rings. The van der Waals surface area contributed by atoms with Crippen molar-refractivity contribution in [2.75, 3.05) is 31.1 Å². The Morgan fingerprint density at radius 2 is 1.78 bits per heavy atom. The number of nitro groups is 1. The molecule has 2 aromatic carbocycles. The van der Waals surface area contributed by atoms with E-state index in [0.29, 0.717) is 30.0 Å². The number of hydrogen-bond acceptors (Lipinski definition) is 5. The Morgan fingerprint density at radius 1 is 1.12 bits per heavy atom. The van der Waals surface area contributed by atoms with E-state index in [1.54, 1.807) is 12.1 Å². The van der Waals surface area contributed by atoms with Crippen molar-refractivity contribution in [1.29, 1.82) is 0 Å². The highest BCUT2D eigenvalue weighted by atomic mass is 35.5. The smallest absolute Gasteiger partial charge is 0.270 e. The molecule has 3 rings (SSSR count). The van der Waals surface area contributed by atoms with Crippen LogP contribution in [0.2, 0.25) is 5.02 Å². The molecule has 1 aliphatic heterocycles. The lowest BCUT2D eigenvalue weighted by Gasteiger charge is -2.39. The van der Waals surface area contributed by atoms with Crippen molar-refractivity contribution in [1.82, 2.24) is 4.90 Å². The normalized spacial score (nSPS) is 17.2. The lowest BCUT2D eigenvalue weighted by Crippen LogP contribution is -2.38. The number of anilines is 1. The maximum Gasteiger partial charge on any atom is 0.270 e. The van der Waals surface area contributed by atoms with Gasteiger partial charge < -0.3 is 9.64 Å². The van der Waals surface area contributed by atoms with Gasteiger partial charge >= 0.3 is 0 Å². The van der Waals surface area contributed by atoms with Gasteiger partial charge in [-0.25, -0.2) is 0 Å². The molecule has 0 aliphatic carbocycles. The molecule has 0 amide bonds. The van der Waals surface area contributed by atoms with Crippen molar-refractivity contribution in [2.24, 2.45) is 11.8 Å². The second-order valence-corrected chi connectivity index (χ2v) is 9.80. The van der Waals surface area contributed by atoms with Crippen molar-refractivity contribution in [3.63, 3.8) is 0 Å². The van der Waals surface area contributed by atoms with Crippen molar-refractivity contribution in [3.05, 3.63) is 68.7 Å². The Morgan fingerprint density at radius 3 is 2.38 bits per heavy atom. The fourth-order valence-electron chi connectivity index (χ4n) is 4.25. The van der Waals surface area contributed by atoms with Crippen LogP contribution in [0.15, 0.2) is 42.5 Å². The molecule has 0 radical (unpaired) electrons. The van der Waals surface area contributed by atoms with Crippen LogP contribution in [-0.2, 0) is 11.3 Å². The highest BCUT2D eigenvalue weighted by Crippen LogP contribution is 2.37. The lowest BCUT2D eigenvalue weighted by molar-refractivity contribution is -0.385. The maximum absolute atomic E-state index is 11.6. The van der Waals surface area contributed by atoms with Crippen LogP contribution in [0.25, 0.3) is 0 Å². The molecule has 7 heteroatoms. The summed E-state index contributed by atoms with van der Waals surface area (Å²) in [6.07, 6.45) is 0.590. The summed E-state index contributed by atoms with van der Waals surface area (Å²) in [4.78, 5) is 15.9. The zero-order valence-corrected chi connectivity index (χ0v) is 20.2. The van der Waals surface area contributed by atoms with E-state index >= 15 is 0 Å². The van der Waals surface area contributed by atoms with Gasteiger partial charge in [0.15, 0.2) is 0 Å². The highest BCUT2D eigenvalue weighted by molar-refractivity contribution is 6.30. The van der Waals surface area contributed by atoms with Gasteiger partial charge in [-0.3, -0.25) is 15.0 Å². The molecule has 0 aromatic heterocycles. The summed E-state index contributed by atoms with van der Waals surface area (Å²) in [6, 6.07) is 13.0. The van der Waals surface area contributed by atoms with Crippen LogP contribution in [0, 0.1) is 22.0 Å². The van der Waals surface area contributed by atoms with E-state index in [0.717, 1.165) is 42.9 Å². The van der Waals surface area contributed by atoms with E-state index in [-0.39, 0.29) is 16.8 Å². The molecule has 0 unspecified atom stereocenters. The van der Waals surface area contributed by atoms with Gasteiger partial charge in [-0.15, -0.1) is 0 Å². The Bertz CT molecular complexity index is 892. The number of hydrogen-bond donors (Lipinski definition) is 0.